The van der Waals surface area contributed by atoms with Crippen molar-refractivity contribution in [2.24, 2.45) is 0 Å². The minimum atomic E-state index is -4.47. The normalized spacial score (nSPS) is 11.3. The molecule has 0 saturated carbocycles. The van der Waals surface area contributed by atoms with Crippen LogP contribution in [0.4, 0.5) is 34.9 Å². The van der Waals surface area contributed by atoms with Crippen molar-refractivity contribution in [3.63, 3.8) is 0 Å². The molecule has 1 aromatic carbocycles. The molecule has 1 heterocycles. The lowest BCUT2D eigenvalue weighted by atomic mass is 10.2. The van der Waals surface area contributed by atoms with Gasteiger partial charge in [-0.2, -0.15) is 13.2 Å². The summed E-state index contributed by atoms with van der Waals surface area (Å²) in [4.78, 5) is 4.00. The summed E-state index contributed by atoms with van der Waals surface area (Å²) >= 11 is 0. The highest BCUT2D eigenvalue weighted by molar-refractivity contribution is 5.60. The first-order valence-corrected chi connectivity index (χ1v) is 6.10. The molecular weight excluding hydrogens is 286 g/mol. The van der Waals surface area contributed by atoms with Crippen LogP contribution < -0.4 is 10.6 Å². The summed E-state index contributed by atoms with van der Waals surface area (Å²) in [6, 6.07) is 5.99. The van der Waals surface area contributed by atoms with Gasteiger partial charge in [0.2, 0.25) is 0 Å². The van der Waals surface area contributed by atoms with Crippen molar-refractivity contribution in [3.8, 4) is 0 Å². The Morgan fingerprint density at radius 3 is 2.29 bits per heavy atom. The third-order valence-electron chi connectivity index (χ3n) is 2.84. The zero-order valence-corrected chi connectivity index (χ0v) is 11.3. The molecule has 0 amide bonds. The first-order chi connectivity index (χ1) is 9.79. The van der Waals surface area contributed by atoms with Crippen molar-refractivity contribution < 1.29 is 17.6 Å². The average Bonchev–Trinajstić information content (AvgIpc) is 2.41. The van der Waals surface area contributed by atoms with Crippen LogP contribution in [-0.4, -0.2) is 12.0 Å². The Balaban J connectivity index is 2.36. The summed E-state index contributed by atoms with van der Waals surface area (Å²) in [6.45, 7) is 1.57. The third kappa shape index (κ3) is 3.62. The zero-order valence-electron chi connectivity index (χ0n) is 11.3. The Morgan fingerprint density at radius 1 is 1.05 bits per heavy atom. The molecule has 112 valence electrons. The number of halogens is 4. The Bertz CT molecular complexity index is 653. The number of pyridine rings is 1. The highest BCUT2D eigenvalue weighted by atomic mass is 19.4. The zero-order chi connectivity index (χ0) is 15.6. The maximum absolute atomic E-state index is 13.2. The summed E-state index contributed by atoms with van der Waals surface area (Å²) in [5.41, 5.74) is 0.0341. The topological polar surface area (TPSA) is 37.0 Å². The number of aromatic nitrogens is 1. The molecule has 21 heavy (non-hydrogen) atoms. The van der Waals surface area contributed by atoms with Gasteiger partial charge < -0.3 is 10.6 Å². The standard InChI is InChI=1S/C14H13F4N3/c1-8-5-10(3-4-11(8)15)20-13-7-9(14(16,17)18)6-12(19-2)21-13/h3-7H,1-2H3,(H2,19,20,21). The van der Waals surface area contributed by atoms with Gasteiger partial charge >= 0.3 is 6.18 Å². The van der Waals surface area contributed by atoms with E-state index in [-0.39, 0.29) is 17.5 Å². The minimum absolute atomic E-state index is 0.0279. The molecule has 2 rings (SSSR count). The van der Waals surface area contributed by atoms with Gasteiger partial charge in [0, 0.05) is 12.7 Å². The summed E-state index contributed by atoms with van der Waals surface area (Å²) < 4.78 is 51.6. The molecule has 2 aromatic rings. The third-order valence-corrected chi connectivity index (χ3v) is 2.84. The number of anilines is 3. The van der Waals surface area contributed by atoms with Gasteiger partial charge in [0.05, 0.1) is 5.56 Å². The molecule has 0 spiro atoms. The molecule has 0 unspecified atom stereocenters. The predicted octanol–water partition coefficient (Wildman–Crippen LogP) is 4.33. The molecular formula is C14H13F4N3. The Hall–Kier alpha value is -2.31. The van der Waals surface area contributed by atoms with E-state index in [1.807, 2.05) is 0 Å². The van der Waals surface area contributed by atoms with Crippen LogP contribution in [0.15, 0.2) is 30.3 Å². The first-order valence-electron chi connectivity index (χ1n) is 6.10. The molecule has 3 nitrogen and oxygen atoms in total. The Morgan fingerprint density at radius 2 is 1.71 bits per heavy atom. The van der Waals surface area contributed by atoms with E-state index in [1.54, 1.807) is 6.92 Å². The van der Waals surface area contributed by atoms with Crippen molar-refractivity contribution in [2.45, 2.75) is 13.1 Å². The highest BCUT2D eigenvalue weighted by Gasteiger charge is 2.31. The molecule has 7 heteroatoms. The van der Waals surface area contributed by atoms with Crippen molar-refractivity contribution in [1.29, 1.82) is 0 Å². The molecule has 0 atom stereocenters. The molecule has 0 fully saturated rings. The largest absolute Gasteiger partial charge is 0.416 e. The number of hydrogen-bond acceptors (Lipinski definition) is 3. The molecule has 2 N–H and O–H groups in total. The van der Waals surface area contributed by atoms with Crippen molar-refractivity contribution in [3.05, 3.63) is 47.3 Å². The van der Waals surface area contributed by atoms with Crippen molar-refractivity contribution in [1.82, 2.24) is 4.98 Å². The molecule has 0 aliphatic rings. The fourth-order valence-electron chi connectivity index (χ4n) is 1.76. The van der Waals surface area contributed by atoms with Crippen LogP contribution in [0, 0.1) is 12.7 Å². The van der Waals surface area contributed by atoms with Crippen LogP contribution in [-0.2, 0) is 6.18 Å². The van der Waals surface area contributed by atoms with Crippen LogP contribution >= 0.6 is 0 Å². The van der Waals surface area contributed by atoms with E-state index in [0.717, 1.165) is 12.1 Å². The van der Waals surface area contributed by atoms with Crippen LogP contribution in [0.1, 0.15) is 11.1 Å². The predicted molar refractivity (Wildman–Crippen MR) is 73.2 cm³/mol. The lowest BCUT2D eigenvalue weighted by Gasteiger charge is -2.13. The van der Waals surface area contributed by atoms with E-state index >= 15 is 0 Å². The first kappa shape index (κ1) is 15.1. The fraction of sp³-hybridized carbons (Fsp3) is 0.214. The van der Waals surface area contributed by atoms with Gasteiger partial charge in [-0.25, -0.2) is 9.37 Å². The summed E-state index contributed by atoms with van der Waals surface area (Å²) in [5, 5.41) is 5.32. The number of nitrogens with one attached hydrogen (secondary N) is 2. The maximum atomic E-state index is 13.2. The number of alkyl halides is 3. The fourth-order valence-corrected chi connectivity index (χ4v) is 1.76. The van der Waals surface area contributed by atoms with E-state index in [2.05, 4.69) is 15.6 Å². The monoisotopic (exact) mass is 299 g/mol. The molecule has 0 bridgehead atoms. The average molecular weight is 299 g/mol. The van der Waals surface area contributed by atoms with Gasteiger partial charge in [0.1, 0.15) is 17.5 Å². The van der Waals surface area contributed by atoms with Gasteiger partial charge in [-0.1, -0.05) is 0 Å². The van der Waals surface area contributed by atoms with E-state index < -0.39 is 11.7 Å². The second kappa shape index (κ2) is 5.59. The summed E-state index contributed by atoms with van der Waals surface area (Å²) in [7, 11) is 1.48. The second-order valence-corrected chi connectivity index (χ2v) is 4.46. The molecule has 0 aliphatic carbocycles. The van der Waals surface area contributed by atoms with Crippen LogP contribution in [0.2, 0.25) is 0 Å². The van der Waals surface area contributed by atoms with Gasteiger partial charge in [-0.05, 0) is 42.8 Å². The van der Waals surface area contributed by atoms with E-state index in [4.69, 9.17) is 0 Å². The summed E-state index contributed by atoms with van der Waals surface area (Å²) in [5.74, 6) is -0.264. The van der Waals surface area contributed by atoms with Gasteiger partial charge in [-0.15, -0.1) is 0 Å². The van der Waals surface area contributed by atoms with E-state index in [0.29, 0.717) is 11.3 Å². The SMILES string of the molecule is CNc1cc(C(F)(F)F)cc(Nc2ccc(F)c(C)c2)n1. The van der Waals surface area contributed by atoms with Crippen molar-refractivity contribution in [2.75, 3.05) is 17.7 Å². The molecule has 0 saturated heterocycles. The maximum Gasteiger partial charge on any atom is 0.416 e. The summed E-state index contributed by atoms with van der Waals surface area (Å²) in [6.07, 6.45) is -4.47. The quantitative estimate of drug-likeness (QED) is 0.828. The lowest BCUT2D eigenvalue weighted by Crippen LogP contribution is -2.08. The Kier molecular flexibility index (Phi) is 4.02. The smallest absolute Gasteiger partial charge is 0.373 e. The van der Waals surface area contributed by atoms with Crippen molar-refractivity contribution >= 4 is 17.3 Å². The minimum Gasteiger partial charge on any atom is -0.373 e. The van der Waals surface area contributed by atoms with Gasteiger partial charge in [0.15, 0.2) is 0 Å². The highest BCUT2D eigenvalue weighted by Crippen LogP contribution is 2.32. The van der Waals surface area contributed by atoms with Gasteiger partial charge in [-0.3, -0.25) is 0 Å². The van der Waals surface area contributed by atoms with E-state index in [1.165, 1.54) is 25.2 Å². The van der Waals surface area contributed by atoms with E-state index in [9.17, 15) is 17.6 Å². The van der Waals surface area contributed by atoms with Crippen LogP contribution in [0.25, 0.3) is 0 Å². The lowest BCUT2D eigenvalue weighted by molar-refractivity contribution is -0.137. The Labute approximate surface area is 119 Å². The second-order valence-electron chi connectivity index (χ2n) is 4.46. The molecule has 0 radical (unpaired) electrons. The van der Waals surface area contributed by atoms with Crippen LogP contribution in [0.5, 0.6) is 0 Å². The number of benzene rings is 1. The van der Waals surface area contributed by atoms with Crippen LogP contribution in [0.3, 0.4) is 0 Å². The van der Waals surface area contributed by atoms with Gasteiger partial charge in [0.25, 0.3) is 0 Å². The molecule has 0 aliphatic heterocycles. The number of aryl methyl sites for hydroxylation is 1. The number of nitrogens with zero attached hydrogens (tertiary/aromatic N) is 1. The number of hydrogen-bond donors (Lipinski definition) is 2. The molecule has 1 aromatic heterocycles. The number of rotatable bonds is 3.